The molecule has 4 aromatic rings. The summed E-state index contributed by atoms with van der Waals surface area (Å²) in [6, 6.07) is 20.7. The molecule has 0 unspecified atom stereocenters. The van der Waals surface area contributed by atoms with Gasteiger partial charge in [0.05, 0.1) is 17.5 Å². The summed E-state index contributed by atoms with van der Waals surface area (Å²) >= 11 is 0. The maximum atomic E-state index is 14.6. The minimum absolute atomic E-state index is 0.252. The highest BCUT2D eigenvalue weighted by Gasteiger charge is 2.27. The van der Waals surface area contributed by atoms with E-state index in [1.165, 1.54) is 6.07 Å². The molecule has 8 heteroatoms. The molecule has 0 saturated heterocycles. The molecule has 6 nitrogen and oxygen atoms in total. The van der Waals surface area contributed by atoms with Crippen molar-refractivity contribution in [2.75, 3.05) is 11.0 Å². The molecule has 1 amide bonds. The van der Waals surface area contributed by atoms with Gasteiger partial charge in [-0.15, -0.1) is 0 Å². The van der Waals surface area contributed by atoms with Crippen molar-refractivity contribution in [1.29, 1.82) is 0 Å². The summed E-state index contributed by atoms with van der Waals surface area (Å²) in [7, 11) is -3.48. The fraction of sp³-hybridized carbons (Fsp3) is 0.160. The van der Waals surface area contributed by atoms with E-state index in [0.29, 0.717) is 22.5 Å². The highest BCUT2D eigenvalue weighted by Crippen LogP contribution is 2.35. The predicted molar refractivity (Wildman–Crippen MR) is 129 cm³/mol. The van der Waals surface area contributed by atoms with Crippen LogP contribution in [-0.4, -0.2) is 25.1 Å². The summed E-state index contributed by atoms with van der Waals surface area (Å²) in [5.41, 5.74) is 8.28. The normalized spacial score (nSPS) is 12.1. The summed E-state index contributed by atoms with van der Waals surface area (Å²) < 4.78 is 42.1. The van der Waals surface area contributed by atoms with E-state index >= 15 is 0 Å². The number of primary amides is 1. The van der Waals surface area contributed by atoms with Gasteiger partial charge in [0.2, 0.25) is 10.0 Å². The molecular formula is C25H24FN3O3S. The fourth-order valence-corrected chi connectivity index (χ4v) is 4.65. The number of benzene rings is 3. The van der Waals surface area contributed by atoms with Gasteiger partial charge in [-0.25, -0.2) is 12.8 Å². The summed E-state index contributed by atoms with van der Waals surface area (Å²) in [5.74, 6) is -0.920. The van der Waals surface area contributed by atoms with E-state index in [4.69, 9.17) is 5.73 Å². The summed E-state index contributed by atoms with van der Waals surface area (Å²) in [6.07, 6.45) is 1.07. The number of rotatable bonds is 6. The lowest BCUT2D eigenvalue weighted by Gasteiger charge is -2.27. The first kappa shape index (κ1) is 22.5. The first-order valence-electron chi connectivity index (χ1n) is 10.3. The molecule has 0 saturated carbocycles. The van der Waals surface area contributed by atoms with Gasteiger partial charge in [0, 0.05) is 16.5 Å². The van der Waals surface area contributed by atoms with Crippen LogP contribution in [-0.2, 0) is 15.4 Å². The summed E-state index contributed by atoms with van der Waals surface area (Å²) in [4.78, 5) is 12.3. The van der Waals surface area contributed by atoms with E-state index in [1.807, 2.05) is 38.1 Å². The fourth-order valence-electron chi connectivity index (χ4n) is 4.10. The van der Waals surface area contributed by atoms with Crippen molar-refractivity contribution in [2.45, 2.75) is 19.3 Å². The van der Waals surface area contributed by atoms with Crippen LogP contribution in [0.2, 0.25) is 0 Å². The maximum absolute atomic E-state index is 14.6. The Kier molecular flexibility index (Phi) is 5.49. The minimum atomic E-state index is -3.48. The number of nitrogens with zero attached hydrogens (tertiary/aromatic N) is 1. The van der Waals surface area contributed by atoms with Gasteiger partial charge < -0.3 is 10.3 Å². The molecule has 1 heterocycles. The number of carbonyl (C=O) groups is 1. The molecule has 3 N–H and O–H groups in total. The third kappa shape index (κ3) is 4.34. The molecule has 1 aromatic heterocycles. The number of anilines is 1. The number of aromatic nitrogens is 1. The Hall–Kier alpha value is -3.65. The number of halogens is 1. The molecule has 0 spiro atoms. The van der Waals surface area contributed by atoms with Gasteiger partial charge in [0.25, 0.3) is 5.91 Å². The first-order chi connectivity index (χ1) is 15.5. The third-order valence-corrected chi connectivity index (χ3v) is 6.34. The molecule has 0 bridgehead atoms. The van der Waals surface area contributed by atoms with Gasteiger partial charge in [0.1, 0.15) is 11.5 Å². The zero-order valence-electron chi connectivity index (χ0n) is 18.5. The number of hydrogen-bond donors (Lipinski definition) is 2. The van der Waals surface area contributed by atoms with Crippen molar-refractivity contribution in [3.63, 3.8) is 0 Å². The predicted octanol–water partition coefficient (Wildman–Crippen LogP) is 4.57. The summed E-state index contributed by atoms with van der Waals surface area (Å²) in [5, 5.41) is 0.724. The lowest BCUT2D eigenvalue weighted by molar-refractivity contribution is 0.0994. The molecule has 4 rings (SSSR count). The van der Waals surface area contributed by atoms with Crippen LogP contribution in [0.3, 0.4) is 0 Å². The number of sulfonamides is 1. The molecule has 0 radical (unpaired) electrons. The van der Waals surface area contributed by atoms with Crippen LogP contribution in [0.25, 0.3) is 16.6 Å². The topological polar surface area (TPSA) is 94.2 Å². The van der Waals surface area contributed by atoms with E-state index in [-0.39, 0.29) is 11.5 Å². The molecule has 170 valence electrons. The monoisotopic (exact) mass is 465 g/mol. The molecule has 0 aliphatic carbocycles. The lowest BCUT2D eigenvalue weighted by atomic mass is 9.78. The van der Waals surface area contributed by atoms with Crippen molar-refractivity contribution in [3.8, 4) is 5.69 Å². The van der Waals surface area contributed by atoms with Crippen LogP contribution >= 0.6 is 0 Å². The van der Waals surface area contributed by atoms with E-state index in [2.05, 4.69) is 4.72 Å². The van der Waals surface area contributed by atoms with E-state index in [1.54, 1.807) is 47.0 Å². The molecular weight excluding hydrogens is 441 g/mol. The molecule has 0 aliphatic rings. The Morgan fingerprint density at radius 1 is 1.00 bits per heavy atom. The Balaban J connectivity index is 1.92. The first-order valence-corrected chi connectivity index (χ1v) is 12.2. The maximum Gasteiger partial charge on any atom is 0.265 e. The molecule has 33 heavy (non-hydrogen) atoms. The Morgan fingerprint density at radius 2 is 1.73 bits per heavy atom. The SMILES string of the molecule is CC(C)(c1cccc(-n2c(C(N)=O)cc3ccc(NS(C)(=O)=O)cc32)c1)c1ccccc1F. The second kappa shape index (κ2) is 8.04. The van der Waals surface area contributed by atoms with Crippen molar-refractivity contribution < 1.29 is 17.6 Å². The Labute approximate surface area is 191 Å². The second-order valence-electron chi connectivity index (χ2n) is 8.53. The van der Waals surface area contributed by atoms with Gasteiger partial charge in [-0.3, -0.25) is 9.52 Å². The van der Waals surface area contributed by atoms with E-state index < -0.39 is 21.3 Å². The van der Waals surface area contributed by atoms with Crippen LogP contribution in [0.4, 0.5) is 10.1 Å². The van der Waals surface area contributed by atoms with Gasteiger partial charge in [-0.05, 0) is 47.5 Å². The van der Waals surface area contributed by atoms with Crippen LogP contribution in [0.15, 0.2) is 72.8 Å². The van der Waals surface area contributed by atoms with Crippen LogP contribution in [0.5, 0.6) is 0 Å². The van der Waals surface area contributed by atoms with Crippen molar-refractivity contribution >= 4 is 32.5 Å². The summed E-state index contributed by atoms with van der Waals surface area (Å²) in [6.45, 7) is 3.86. The van der Waals surface area contributed by atoms with E-state index in [9.17, 15) is 17.6 Å². The number of fused-ring (bicyclic) bond motifs is 1. The van der Waals surface area contributed by atoms with Gasteiger partial charge in [-0.2, -0.15) is 0 Å². The Morgan fingerprint density at radius 3 is 2.39 bits per heavy atom. The highest BCUT2D eigenvalue weighted by molar-refractivity contribution is 7.92. The molecule has 0 aliphatic heterocycles. The standard InChI is InChI=1S/C25H24FN3O3S/c1-25(2,20-9-4-5-10-21(20)26)17-7-6-8-19(14-17)29-22-15-18(28-33(3,31)32)12-11-16(22)13-23(29)24(27)30/h4-15,28H,1-3H3,(H2,27,30). The smallest absolute Gasteiger partial charge is 0.265 e. The number of amides is 1. The quantitative estimate of drug-likeness (QED) is 0.437. The molecule has 3 aromatic carbocycles. The average Bonchev–Trinajstić information content (AvgIpc) is 3.12. The number of carbonyl (C=O) groups excluding carboxylic acids is 1. The van der Waals surface area contributed by atoms with Crippen molar-refractivity contribution in [1.82, 2.24) is 4.57 Å². The third-order valence-electron chi connectivity index (χ3n) is 5.73. The average molecular weight is 466 g/mol. The highest BCUT2D eigenvalue weighted by atomic mass is 32.2. The zero-order valence-corrected chi connectivity index (χ0v) is 19.3. The van der Waals surface area contributed by atoms with Gasteiger partial charge >= 0.3 is 0 Å². The van der Waals surface area contributed by atoms with Crippen LogP contribution in [0.1, 0.15) is 35.5 Å². The second-order valence-corrected chi connectivity index (χ2v) is 10.3. The lowest BCUT2D eigenvalue weighted by Crippen LogP contribution is -2.21. The van der Waals surface area contributed by atoms with Crippen LogP contribution in [0, 0.1) is 5.82 Å². The van der Waals surface area contributed by atoms with Crippen LogP contribution < -0.4 is 10.5 Å². The largest absolute Gasteiger partial charge is 0.364 e. The number of nitrogens with two attached hydrogens (primary N) is 1. The number of nitrogens with one attached hydrogen (secondary N) is 1. The van der Waals surface area contributed by atoms with Crippen molar-refractivity contribution in [2.24, 2.45) is 5.73 Å². The molecule has 0 atom stereocenters. The number of hydrogen-bond acceptors (Lipinski definition) is 3. The van der Waals surface area contributed by atoms with Gasteiger partial charge in [0.15, 0.2) is 0 Å². The van der Waals surface area contributed by atoms with Crippen molar-refractivity contribution in [3.05, 3.63) is 95.4 Å². The minimum Gasteiger partial charge on any atom is -0.364 e. The van der Waals surface area contributed by atoms with Gasteiger partial charge in [-0.1, -0.05) is 50.2 Å². The Bertz CT molecular complexity index is 1490. The van der Waals surface area contributed by atoms with E-state index in [0.717, 1.165) is 17.2 Å². The zero-order chi connectivity index (χ0) is 24.0. The molecule has 0 fully saturated rings.